The lowest BCUT2D eigenvalue weighted by Crippen LogP contribution is -2.32. The van der Waals surface area contributed by atoms with Gasteiger partial charge in [0.05, 0.1) is 5.56 Å². The minimum Gasteiger partial charge on any atom is -0.421 e. The smallest absolute Gasteiger partial charge is 0.325 e. The number of hydrogen-bond donors (Lipinski definition) is 0. The molecular weight excluding hydrogens is 324 g/mol. The van der Waals surface area contributed by atoms with E-state index in [-0.39, 0.29) is 23.3 Å². The standard InChI is InChI=1S/C21H25N4O/c1-13-7-8-16-19(26-20-22-12-23-25(16)20)18(13)17-9-15(10-21(3,4)5)14(2)11-24(17)6/h7-9,11-12H,10H2,1-6H3/q+1/i2D3,10D2,12D. The highest BCUT2D eigenvalue weighted by Crippen LogP contribution is 2.33. The molecule has 0 aliphatic rings. The van der Waals surface area contributed by atoms with Gasteiger partial charge in [0.15, 0.2) is 11.8 Å². The molecule has 5 heteroatoms. The molecule has 5 nitrogen and oxygen atoms in total. The van der Waals surface area contributed by atoms with Gasteiger partial charge >= 0.3 is 5.84 Å². The van der Waals surface area contributed by atoms with Crippen LogP contribution < -0.4 is 4.57 Å². The molecule has 1 aromatic carbocycles. The van der Waals surface area contributed by atoms with Crippen molar-refractivity contribution in [3.8, 4) is 11.3 Å². The molecule has 0 saturated heterocycles. The molecule has 0 aliphatic heterocycles. The predicted molar refractivity (Wildman–Crippen MR) is 102 cm³/mol. The van der Waals surface area contributed by atoms with Crippen molar-refractivity contribution in [2.75, 3.05) is 0 Å². The van der Waals surface area contributed by atoms with Crippen LogP contribution in [0.5, 0.6) is 0 Å². The van der Waals surface area contributed by atoms with E-state index in [0.29, 0.717) is 22.4 Å². The molecule has 0 atom stereocenters. The van der Waals surface area contributed by atoms with Gasteiger partial charge in [0.1, 0.15) is 20.2 Å². The van der Waals surface area contributed by atoms with Gasteiger partial charge in [-0.25, -0.2) is 4.57 Å². The second-order valence-corrected chi connectivity index (χ2v) is 7.59. The molecule has 0 bridgehead atoms. The number of aromatic nitrogens is 4. The normalized spacial score (nSPS) is 16.8. The summed E-state index contributed by atoms with van der Waals surface area (Å²) in [4.78, 5) is 3.98. The minimum absolute atomic E-state index is 0.0248. The van der Waals surface area contributed by atoms with Gasteiger partial charge in [-0.1, -0.05) is 26.8 Å². The fourth-order valence-corrected chi connectivity index (χ4v) is 3.18. The molecule has 4 aromatic rings. The first-order chi connectivity index (χ1) is 14.6. The molecule has 134 valence electrons. The van der Waals surface area contributed by atoms with Crippen molar-refractivity contribution in [3.63, 3.8) is 0 Å². The van der Waals surface area contributed by atoms with E-state index in [2.05, 4.69) is 10.1 Å². The molecule has 0 fully saturated rings. The van der Waals surface area contributed by atoms with Gasteiger partial charge in [0.25, 0.3) is 0 Å². The second-order valence-electron chi connectivity index (χ2n) is 7.59. The van der Waals surface area contributed by atoms with Crippen LogP contribution in [0.1, 0.15) is 45.7 Å². The fourth-order valence-electron chi connectivity index (χ4n) is 3.18. The van der Waals surface area contributed by atoms with E-state index in [1.54, 1.807) is 38.5 Å². The maximum atomic E-state index is 8.81. The van der Waals surface area contributed by atoms with Crippen LogP contribution in [-0.4, -0.2) is 14.6 Å². The Hall–Kier alpha value is -2.69. The summed E-state index contributed by atoms with van der Waals surface area (Å²) < 4.78 is 58.4. The van der Waals surface area contributed by atoms with Crippen LogP contribution in [0.4, 0.5) is 0 Å². The van der Waals surface area contributed by atoms with Crippen molar-refractivity contribution in [1.29, 1.82) is 0 Å². The number of pyridine rings is 1. The second kappa shape index (κ2) is 5.66. The average Bonchev–Trinajstić information content (AvgIpc) is 3.16. The number of fused-ring (bicyclic) bond motifs is 3. The van der Waals surface area contributed by atoms with E-state index in [0.717, 1.165) is 5.56 Å². The maximum absolute atomic E-state index is 8.81. The molecule has 0 spiro atoms. The number of oxazole rings is 1. The molecule has 4 rings (SSSR count). The third kappa shape index (κ3) is 2.68. The molecule has 0 unspecified atom stereocenters. The number of nitrogens with zero attached hydrogens (tertiary/aromatic N) is 4. The summed E-state index contributed by atoms with van der Waals surface area (Å²) in [7, 11) is 1.73. The highest BCUT2D eigenvalue weighted by atomic mass is 16.4. The van der Waals surface area contributed by atoms with Crippen LogP contribution in [0.3, 0.4) is 0 Å². The molecule has 0 N–H and O–H groups in total. The molecule has 0 aliphatic carbocycles. The molecular formula is C21H25N4O+. The van der Waals surface area contributed by atoms with E-state index in [1.807, 2.05) is 19.1 Å². The van der Waals surface area contributed by atoms with E-state index < -0.39 is 18.6 Å². The lowest BCUT2D eigenvalue weighted by Gasteiger charge is -2.19. The quantitative estimate of drug-likeness (QED) is 0.507. The molecule has 26 heavy (non-hydrogen) atoms. The summed E-state index contributed by atoms with van der Waals surface area (Å²) in [6.07, 6.45) is -0.588. The Kier molecular flexibility index (Phi) is 2.42. The first-order valence-electron chi connectivity index (χ1n) is 11.4. The summed E-state index contributed by atoms with van der Waals surface area (Å²) in [6.45, 7) is 4.67. The summed E-state index contributed by atoms with van der Waals surface area (Å²) in [5, 5.41) is 4.06. The van der Waals surface area contributed by atoms with Crippen LogP contribution in [0.2, 0.25) is 0 Å². The van der Waals surface area contributed by atoms with Crippen molar-refractivity contribution in [2.45, 2.75) is 40.9 Å². The van der Waals surface area contributed by atoms with Gasteiger partial charge in [0.2, 0.25) is 5.69 Å². The number of benzene rings is 1. The van der Waals surface area contributed by atoms with Crippen molar-refractivity contribution in [2.24, 2.45) is 12.5 Å². The van der Waals surface area contributed by atoms with E-state index >= 15 is 0 Å². The lowest BCUT2D eigenvalue weighted by atomic mass is 9.86. The lowest BCUT2D eigenvalue weighted by molar-refractivity contribution is -0.660. The third-order valence-corrected chi connectivity index (χ3v) is 4.28. The van der Waals surface area contributed by atoms with Gasteiger partial charge < -0.3 is 4.42 Å². The average molecular weight is 355 g/mol. The Bertz CT molecular complexity index is 1360. The van der Waals surface area contributed by atoms with E-state index in [1.165, 1.54) is 10.7 Å². The van der Waals surface area contributed by atoms with Crippen LogP contribution >= 0.6 is 0 Å². The van der Waals surface area contributed by atoms with Gasteiger partial charge in [-0.3, -0.25) is 0 Å². The topological polar surface area (TPSA) is 47.2 Å². The van der Waals surface area contributed by atoms with Crippen LogP contribution in [0, 0.1) is 19.2 Å². The first-order valence-corrected chi connectivity index (χ1v) is 8.43. The summed E-state index contributed by atoms with van der Waals surface area (Å²) in [5.41, 5.74) is 2.51. The Morgan fingerprint density at radius 1 is 1.35 bits per heavy atom. The van der Waals surface area contributed by atoms with Crippen LogP contribution in [0.15, 0.2) is 35.1 Å². The summed E-state index contributed by atoms with van der Waals surface area (Å²) >= 11 is 0. The Morgan fingerprint density at radius 3 is 2.88 bits per heavy atom. The molecule has 0 saturated carbocycles. The van der Waals surface area contributed by atoms with Crippen molar-refractivity contribution in [1.82, 2.24) is 14.6 Å². The third-order valence-electron chi connectivity index (χ3n) is 4.28. The molecule has 0 amide bonds. The SMILES string of the molecule is [2H]c1nc2oc3c(-c4cc(C([2H])([2H])C(C)(C)C)c(C([2H])([2H])[2H])c[n+]4C)c(C)ccc3n2n1. The zero-order valence-electron chi connectivity index (χ0n) is 21.5. The summed E-state index contributed by atoms with van der Waals surface area (Å²) in [6, 6.07) is 5.32. The molecule has 3 heterocycles. The Balaban J connectivity index is 2.09. The van der Waals surface area contributed by atoms with Crippen LogP contribution in [-0.2, 0) is 13.4 Å². The van der Waals surface area contributed by atoms with Crippen LogP contribution in [0.25, 0.3) is 28.2 Å². The minimum atomic E-state index is -2.48. The number of hydrogen-bond acceptors (Lipinski definition) is 3. The predicted octanol–water partition coefficient (Wildman–Crippen LogP) is 4.17. The van der Waals surface area contributed by atoms with Gasteiger partial charge in [-0.2, -0.15) is 14.6 Å². The maximum Gasteiger partial charge on any atom is 0.325 e. The zero-order chi connectivity index (χ0) is 23.8. The fraction of sp³-hybridized carbons (Fsp3) is 0.381. The van der Waals surface area contributed by atoms with Gasteiger partial charge in [-0.15, -0.1) is 0 Å². The number of aryl methyl sites for hydroxylation is 3. The van der Waals surface area contributed by atoms with E-state index in [4.69, 9.17) is 12.6 Å². The van der Waals surface area contributed by atoms with E-state index in [9.17, 15) is 0 Å². The molecule has 3 aromatic heterocycles. The van der Waals surface area contributed by atoms with Crippen molar-refractivity contribution in [3.05, 3.63) is 47.4 Å². The monoisotopic (exact) mass is 355 g/mol. The van der Waals surface area contributed by atoms with Gasteiger partial charge in [-0.05, 0) is 42.8 Å². The largest absolute Gasteiger partial charge is 0.421 e. The molecule has 0 radical (unpaired) electrons. The van der Waals surface area contributed by atoms with Gasteiger partial charge in [0, 0.05) is 18.5 Å². The highest BCUT2D eigenvalue weighted by molar-refractivity contribution is 5.92. The summed E-state index contributed by atoms with van der Waals surface area (Å²) in [5.74, 6) is 0.184. The Morgan fingerprint density at radius 2 is 2.15 bits per heavy atom. The number of rotatable bonds is 2. The zero-order valence-corrected chi connectivity index (χ0v) is 15.5. The Labute approximate surface area is 161 Å². The van der Waals surface area contributed by atoms with Crippen molar-refractivity contribution >= 4 is 16.9 Å². The first kappa shape index (κ1) is 11.1. The van der Waals surface area contributed by atoms with Crippen molar-refractivity contribution < 1.29 is 17.2 Å². The highest BCUT2D eigenvalue weighted by Gasteiger charge is 2.24.